The molecule has 0 heterocycles. The van der Waals surface area contributed by atoms with Crippen molar-refractivity contribution in [2.45, 2.75) is 32.1 Å². The van der Waals surface area contributed by atoms with Gasteiger partial charge in [0.05, 0.1) is 6.61 Å². The Morgan fingerprint density at radius 2 is 2.06 bits per heavy atom. The molecule has 0 saturated carbocycles. The fourth-order valence-electron chi connectivity index (χ4n) is 1.44. The summed E-state index contributed by atoms with van der Waals surface area (Å²) in [5.41, 5.74) is 1.17. The summed E-state index contributed by atoms with van der Waals surface area (Å²) in [7, 11) is 0. The highest BCUT2D eigenvalue weighted by Gasteiger charge is 2.07. The Balaban J connectivity index is 2.33. The first-order chi connectivity index (χ1) is 8.63. The summed E-state index contributed by atoms with van der Waals surface area (Å²) < 4.78 is 5.50. The van der Waals surface area contributed by atoms with E-state index in [0.717, 1.165) is 25.2 Å². The average Bonchev–Trinajstić information content (AvgIpc) is 2.37. The van der Waals surface area contributed by atoms with E-state index >= 15 is 0 Å². The highest BCUT2D eigenvalue weighted by molar-refractivity contribution is 6.30. The maximum atomic E-state index is 11.2. The molecule has 18 heavy (non-hydrogen) atoms. The van der Waals surface area contributed by atoms with Crippen LogP contribution in [0.15, 0.2) is 24.3 Å². The number of amides is 1. The van der Waals surface area contributed by atoms with Crippen molar-refractivity contribution in [2.75, 3.05) is 13.2 Å². The number of nitrogens with one attached hydrogen (secondary N) is 1. The first-order valence-electron chi connectivity index (χ1n) is 6.27. The van der Waals surface area contributed by atoms with Gasteiger partial charge in [-0.2, -0.15) is 0 Å². The largest absolute Gasteiger partial charge is 0.494 e. The molecule has 1 rings (SSSR count). The summed E-state index contributed by atoms with van der Waals surface area (Å²) in [5.74, 6) is 0.763. The van der Waals surface area contributed by atoms with Crippen molar-refractivity contribution in [1.29, 1.82) is 0 Å². The van der Waals surface area contributed by atoms with Gasteiger partial charge in [-0.25, -0.2) is 0 Å². The zero-order valence-corrected chi connectivity index (χ0v) is 11.7. The highest BCUT2D eigenvalue weighted by Crippen LogP contribution is 2.12. The number of halogens is 1. The molecule has 0 radical (unpaired) electrons. The van der Waals surface area contributed by atoms with Gasteiger partial charge in [-0.15, -0.1) is 11.6 Å². The summed E-state index contributed by atoms with van der Waals surface area (Å²) in [5, 5.41) is 2.30. The molecule has 1 aromatic rings. The lowest BCUT2D eigenvalue weighted by Crippen LogP contribution is -2.31. The Hall–Kier alpha value is -1.22. The van der Waals surface area contributed by atoms with Crippen LogP contribution in [0.4, 0.5) is 0 Å². The Kier molecular flexibility index (Phi) is 6.58. The number of ether oxygens (including phenoxy) is 1. The van der Waals surface area contributed by atoms with Crippen LogP contribution >= 0.6 is 11.6 Å². The molecule has 3 nitrogen and oxygen atoms in total. The third kappa shape index (κ3) is 5.41. The lowest BCUT2D eigenvalue weighted by Gasteiger charge is -2.08. The zero-order chi connectivity index (χ0) is 13.4. The number of hydrogen-bond acceptors (Lipinski definition) is 2. The third-order valence-corrected chi connectivity index (χ3v) is 2.67. The molecule has 100 valence electrons. The molecule has 1 aromatic carbocycles. The van der Waals surface area contributed by atoms with Crippen LogP contribution in [0.3, 0.4) is 0 Å². The minimum Gasteiger partial charge on any atom is -0.494 e. The Bertz CT molecular complexity index is 363. The van der Waals surface area contributed by atoms with E-state index < -0.39 is 5.38 Å². The van der Waals surface area contributed by atoms with Gasteiger partial charge < -0.3 is 10.1 Å². The topological polar surface area (TPSA) is 38.3 Å². The van der Waals surface area contributed by atoms with Crippen LogP contribution in [-0.2, 0) is 11.2 Å². The second-order valence-corrected chi connectivity index (χ2v) is 4.80. The van der Waals surface area contributed by atoms with Crippen LogP contribution < -0.4 is 10.1 Å². The van der Waals surface area contributed by atoms with E-state index in [4.69, 9.17) is 16.3 Å². The molecule has 0 spiro atoms. The monoisotopic (exact) mass is 269 g/mol. The fourth-order valence-corrected chi connectivity index (χ4v) is 1.52. The first-order valence-corrected chi connectivity index (χ1v) is 6.70. The molecule has 0 fully saturated rings. The quantitative estimate of drug-likeness (QED) is 0.773. The van der Waals surface area contributed by atoms with Crippen molar-refractivity contribution >= 4 is 17.5 Å². The fraction of sp³-hybridized carbons (Fsp3) is 0.500. The summed E-state index contributed by atoms with van der Waals surface area (Å²) in [6, 6.07) is 7.94. The molecule has 0 aliphatic carbocycles. The molecule has 0 aliphatic heterocycles. The predicted molar refractivity (Wildman–Crippen MR) is 74.3 cm³/mol. The third-order valence-electron chi connectivity index (χ3n) is 2.47. The van der Waals surface area contributed by atoms with Gasteiger partial charge in [0.2, 0.25) is 5.91 Å². The van der Waals surface area contributed by atoms with Crippen molar-refractivity contribution in [3.05, 3.63) is 29.8 Å². The van der Waals surface area contributed by atoms with Crippen LogP contribution in [-0.4, -0.2) is 24.4 Å². The molecule has 0 bridgehead atoms. The number of carbonyl (C=O) groups excluding carboxylic acids is 1. The van der Waals surface area contributed by atoms with E-state index in [1.165, 1.54) is 5.56 Å². The molecule has 4 heteroatoms. The van der Waals surface area contributed by atoms with E-state index in [9.17, 15) is 4.79 Å². The minimum atomic E-state index is -0.477. The first kappa shape index (κ1) is 14.8. The molecule has 0 aromatic heterocycles. The van der Waals surface area contributed by atoms with Gasteiger partial charge in [0.15, 0.2) is 0 Å². The van der Waals surface area contributed by atoms with Crippen molar-refractivity contribution in [2.24, 2.45) is 0 Å². The number of hydrogen-bond donors (Lipinski definition) is 1. The van der Waals surface area contributed by atoms with Gasteiger partial charge in [-0.05, 0) is 37.5 Å². The highest BCUT2D eigenvalue weighted by atomic mass is 35.5. The number of rotatable bonds is 7. The Labute approximate surface area is 113 Å². The lowest BCUT2D eigenvalue weighted by molar-refractivity contribution is -0.120. The molecule has 0 aliphatic rings. The van der Waals surface area contributed by atoms with Crippen LogP contribution in [0.5, 0.6) is 5.75 Å². The average molecular weight is 270 g/mol. The smallest absolute Gasteiger partial charge is 0.237 e. The molecule has 0 saturated heterocycles. The van der Waals surface area contributed by atoms with E-state index in [-0.39, 0.29) is 5.91 Å². The minimum absolute atomic E-state index is 0.125. The Morgan fingerprint density at radius 3 is 2.61 bits per heavy atom. The van der Waals surface area contributed by atoms with E-state index in [0.29, 0.717) is 6.54 Å². The molecule has 1 amide bonds. The molecular formula is C14H20ClNO2. The summed E-state index contributed by atoms with van der Waals surface area (Å²) >= 11 is 5.65. The van der Waals surface area contributed by atoms with Gasteiger partial charge >= 0.3 is 0 Å². The SMILES string of the molecule is CCCOc1ccc(CCNC(=O)C(C)Cl)cc1. The molecular weight excluding hydrogens is 250 g/mol. The van der Waals surface area contributed by atoms with Crippen LogP contribution in [0, 0.1) is 0 Å². The molecule has 1 N–H and O–H groups in total. The second-order valence-electron chi connectivity index (χ2n) is 4.15. The predicted octanol–water partition coefficient (Wildman–Crippen LogP) is 2.76. The molecule has 1 unspecified atom stereocenters. The second kappa shape index (κ2) is 7.98. The van der Waals surface area contributed by atoms with Crippen molar-refractivity contribution in [1.82, 2.24) is 5.32 Å². The molecule has 1 atom stereocenters. The Morgan fingerprint density at radius 1 is 1.39 bits per heavy atom. The maximum Gasteiger partial charge on any atom is 0.237 e. The van der Waals surface area contributed by atoms with E-state index in [1.54, 1.807) is 6.92 Å². The van der Waals surface area contributed by atoms with Gasteiger partial charge in [-0.3, -0.25) is 4.79 Å². The van der Waals surface area contributed by atoms with Gasteiger partial charge in [0.1, 0.15) is 11.1 Å². The van der Waals surface area contributed by atoms with E-state index in [1.807, 2.05) is 24.3 Å². The van der Waals surface area contributed by atoms with Crippen molar-refractivity contribution in [3.8, 4) is 5.75 Å². The van der Waals surface area contributed by atoms with Gasteiger partial charge in [0, 0.05) is 6.54 Å². The summed E-state index contributed by atoms with van der Waals surface area (Å²) in [4.78, 5) is 11.2. The number of benzene rings is 1. The van der Waals surface area contributed by atoms with Crippen LogP contribution in [0.2, 0.25) is 0 Å². The van der Waals surface area contributed by atoms with Crippen molar-refractivity contribution < 1.29 is 9.53 Å². The van der Waals surface area contributed by atoms with Gasteiger partial charge in [-0.1, -0.05) is 19.1 Å². The van der Waals surface area contributed by atoms with E-state index in [2.05, 4.69) is 12.2 Å². The zero-order valence-electron chi connectivity index (χ0n) is 10.9. The standard InChI is InChI=1S/C14H20ClNO2/c1-3-10-18-13-6-4-12(5-7-13)8-9-16-14(17)11(2)15/h4-7,11H,3,8-10H2,1-2H3,(H,16,17). The van der Waals surface area contributed by atoms with Crippen LogP contribution in [0.1, 0.15) is 25.8 Å². The number of carbonyl (C=O) groups is 1. The lowest BCUT2D eigenvalue weighted by atomic mass is 10.1. The normalized spacial score (nSPS) is 11.9. The van der Waals surface area contributed by atoms with Crippen molar-refractivity contribution in [3.63, 3.8) is 0 Å². The number of alkyl halides is 1. The summed E-state index contributed by atoms with van der Waals surface area (Å²) in [6.45, 7) is 5.08. The van der Waals surface area contributed by atoms with Gasteiger partial charge in [0.25, 0.3) is 0 Å². The van der Waals surface area contributed by atoms with Crippen LogP contribution in [0.25, 0.3) is 0 Å². The maximum absolute atomic E-state index is 11.2. The summed E-state index contributed by atoms with van der Waals surface area (Å²) in [6.07, 6.45) is 1.80.